The Hall–Kier alpha value is -0.950. The van der Waals surface area contributed by atoms with Gasteiger partial charge in [-0.2, -0.15) is 0 Å². The SMILES string of the molecule is CCN1CC(NS(=O)(=O)c2ccc(C(C)C)cc2)CN1CC. The fourth-order valence-corrected chi connectivity index (χ4v) is 4.07. The van der Waals surface area contributed by atoms with Gasteiger partial charge in [-0.15, -0.1) is 0 Å². The lowest BCUT2D eigenvalue weighted by Gasteiger charge is -2.24. The number of benzene rings is 1. The van der Waals surface area contributed by atoms with Gasteiger partial charge < -0.3 is 0 Å². The summed E-state index contributed by atoms with van der Waals surface area (Å²) >= 11 is 0. The highest BCUT2D eigenvalue weighted by Crippen LogP contribution is 2.18. The molecular weight excluding hydrogens is 298 g/mol. The number of likely N-dealkylation sites (N-methyl/N-ethyl adjacent to an activating group) is 2. The fraction of sp³-hybridized carbons (Fsp3) is 0.625. The van der Waals surface area contributed by atoms with Gasteiger partial charge in [0.1, 0.15) is 0 Å². The van der Waals surface area contributed by atoms with Crippen LogP contribution in [0.4, 0.5) is 0 Å². The Balaban J connectivity index is 2.08. The highest BCUT2D eigenvalue weighted by atomic mass is 32.2. The minimum atomic E-state index is -3.45. The number of hydrazine groups is 1. The summed E-state index contributed by atoms with van der Waals surface area (Å²) in [6.07, 6.45) is 0. The zero-order chi connectivity index (χ0) is 16.3. The summed E-state index contributed by atoms with van der Waals surface area (Å²) in [5.41, 5.74) is 1.15. The van der Waals surface area contributed by atoms with Crippen molar-refractivity contribution in [1.82, 2.24) is 14.7 Å². The Labute approximate surface area is 134 Å². The van der Waals surface area contributed by atoms with Crippen molar-refractivity contribution in [2.24, 2.45) is 0 Å². The molecule has 124 valence electrons. The second-order valence-electron chi connectivity index (χ2n) is 6.05. The van der Waals surface area contributed by atoms with Crippen molar-refractivity contribution >= 4 is 10.0 Å². The normalized spacial score (nSPS) is 18.4. The van der Waals surface area contributed by atoms with Gasteiger partial charge in [0.05, 0.1) is 10.9 Å². The van der Waals surface area contributed by atoms with Gasteiger partial charge >= 0.3 is 0 Å². The van der Waals surface area contributed by atoms with Crippen molar-refractivity contribution in [2.75, 3.05) is 26.2 Å². The molecule has 0 spiro atoms. The van der Waals surface area contributed by atoms with Gasteiger partial charge in [-0.05, 0) is 23.6 Å². The van der Waals surface area contributed by atoms with Gasteiger partial charge in [0.25, 0.3) is 0 Å². The van der Waals surface area contributed by atoms with Gasteiger partial charge in [-0.25, -0.2) is 23.2 Å². The smallest absolute Gasteiger partial charge is 0.240 e. The van der Waals surface area contributed by atoms with Gasteiger partial charge in [0.2, 0.25) is 10.0 Å². The van der Waals surface area contributed by atoms with Crippen LogP contribution < -0.4 is 4.72 Å². The predicted octanol–water partition coefficient (Wildman–Crippen LogP) is 2.03. The van der Waals surface area contributed by atoms with Crippen LogP contribution in [0.5, 0.6) is 0 Å². The zero-order valence-electron chi connectivity index (χ0n) is 13.9. The highest BCUT2D eigenvalue weighted by Gasteiger charge is 2.31. The summed E-state index contributed by atoms with van der Waals surface area (Å²) in [6, 6.07) is 7.12. The monoisotopic (exact) mass is 325 g/mol. The second-order valence-corrected chi connectivity index (χ2v) is 7.77. The molecule has 1 saturated heterocycles. The van der Waals surface area contributed by atoms with Crippen LogP contribution in [-0.4, -0.2) is 50.7 Å². The Morgan fingerprint density at radius 2 is 1.59 bits per heavy atom. The highest BCUT2D eigenvalue weighted by molar-refractivity contribution is 7.89. The van der Waals surface area contributed by atoms with Gasteiger partial charge in [-0.1, -0.05) is 39.8 Å². The molecule has 0 unspecified atom stereocenters. The van der Waals surface area contributed by atoms with Crippen molar-refractivity contribution in [2.45, 2.75) is 44.6 Å². The van der Waals surface area contributed by atoms with E-state index in [0.29, 0.717) is 10.8 Å². The lowest BCUT2D eigenvalue weighted by molar-refractivity contribution is 0.0388. The Morgan fingerprint density at radius 3 is 2.00 bits per heavy atom. The first-order valence-corrected chi connectivity index (χ1v) is 9.47. The Kier molecular flexibility index (Phi) is 5.60. The lowest BCUT2D eigenvalue weighted by atomic mass is 10.0. The van der Waals surface area contributed by atoms with Crippen LogP contribution >= 0.6 is 0 Å². The van der Waals surface area contributed by atoms with E-state index in [1.54, 1.807) is 12.1 Å². The molecule has 1 fully saturated rings. The van der Waals surface area contributed by atoms with E-state index in [1.165, 1.54) is 0 Å². The molecule has 22 heavy (non-hydrogen) atoms. The van der Waals surface area contributed by atoms with Crippen LogP contribution in [-0.2, 0) is 10.0 Å². The average Bonchev–Trinajstić information content (AvgIpc) is 2.88. The van der Waals surface area contributed by atoms with Crippen molar-refractivity contribution in [3.63, 3.8) is 0 Å². The van der Waals surface area contributed by atoms with Crippen LogP contribution in [0.2, 0.25) is 0 Å². The van der Waals surface area contributed by atoms with Crippen molar-refractivity contribution in [1.29, 1.82) is 0 Å². The van der Waals surface area contributed by atoms with E-state index in [0.717, 1.165) is 31.7 Å². The molecule has 2 rings (SSSR count). The zero-order valence-corrected chi connectivity index (χ0v) is 14.7. The number of hydrogen-bond donors (Lipinski definition) is 1. The molecule has 0 bridgehead atoms. The quantitative estimate of drug-likeness (QED) is 0.869. The summed E-state index contributed by atoms with van der Waals surface area (Å²) in [4.78, 5) is 0.342. The van der Waals surface area contributed by atoms with Crippen LogP contribution in [0.1, 0.15) is 39.2 Å². The molecular formula is C16H27N3O2S. The van der Waals surface area contributed by atoms with E-state index in [1.807, 2.05) is 12.1 Å². The molecule has 1 N–H and O–H groups in total. The third-order valence-electron chi connectivity index (χ3n) is 4.17. The number of nitrogens with zero attached hydrogens (tertiary/aromatic N) is 2. The van der Waals surface area contributed by atoms with E-state index in [9.17, 15) is 8.42 Å². The molecule has 1 heterocycles. The molecule has 0 saturated carbocycles. The van der Waals surface area contributed by atoms with E-state index in [4.69, 9.17) is 0 Å². The Morgan fingerprint density at radius 1 is 1.09 bits per heavy atom. The van der Waals surface area contributed by atoms with Crippen LogP contribution in [0.15, 0.2) is 29.2 Å². The first kappa shape index (κ1) is 17.4. The Bertz CT molecular complexity index is 572. The predicted molar refractivity (Wildman–Crippen MR) is 89.1 cm³/mol. The summed E-state index contributed by atoms with van der Waals surface area (Å²) in [5.74, 6) is 0.399. The maximum Gasteiger partial charge on any atom is 0.240 e. The van der Waals surface area contributed by atoms with Crippen LogP contribution in [0, 0.1) is 0 Å². The van der Waals surface area contributed by atoms with Crippen molar-refractivity contribution in [3.8, 4) is 0 Å². The number of nitrogens with one attached hydrogen (secondary N) is 1. The molecule has 1 aliphatic rings. The third-order valence-corrected chi connectivity index (χ3v) is 5.71. The summed E-state index contributed by atoms with van der Waals surface area (Å²) in [5, 5.41) is 4.38. The summed E-state index contributed by atoms with van der Waals surface area (Å²) in [7, 11) is -3.45. The minimum Gasteiger partial charge on any atom is -0.240 e. The van der Waals surface area contributed by atoms with E-state index >= 15 is 0 Å². The van der Waals surface area contributed by atoms with Crippen LogP contribution in [0.25, 0.3) is 0 Å². The molecule has 6 heteroatoms. The largest absolute Gasteiger partial charge is 0.240 e. The standard InChI is InChI=1S/C16H27N3O2S/c1-5-18-11-15(12-19(18)6-2)17-22(20,21)16-9-7-14(8-10-16)13(3)4/h7-10,13,15,17H,5-6,11-12H2,1-4H3. The molecule has 0 aromatic heterocycles. The fourth-order valence-electron chi connectivity index (χ4n) is 2.85. The average molecular weight is 325 g/mol. The van der Waals surface area contributed by atoms with Crippen molar-refractivity contribution in [3.05, 3.63) is 29.8 Å². The topological polar surface area (TPSA) is 52.7 Å². The molecule has 0 atom stereocenters. The lowest BCUT2D eigenvalue weighted by Crippen LogP contribution is -2.38. The molecule has 1 aliphatic heterocycles. The van der Waals surface area contributed by atoms with E-state index in [2.05, 4.69) is 42.4 Å². The van der Waals surface area contributed by atoms with E-state index < -0.39 is 10.0 Å². The molecule has 1 aromatic rings. The third kappa shape index (κ3) is 3.87. The van der Waals surface area contributed by atoms with Crippen LogP contribution in [0.3, 0.4) is 0 Å². The van der Waals surface area contributed by atoms with Gasteiger partial charge in [0.15, 0.2) is 0 Å². The maximum atomic E-state index is 12.5. The summed E-state index contributed by atoms with van der Waals surface area (Å²) < 4.78 is 27.9. The van der Waals surface area contributed by atoms with Gasteiger partial charge in [-0.3, -0.25) is 0 Å². The maximum absolute atomic E-state index is 12.5. The van der Waals surface area contributed by atoms with Crippen molar-refractivity contribution < 1.29 is 8.42 Å². The second kappa shape index (κ2) is 7.08. The van der Waals surface area contributed by atoms with E-state index in [-0.39, 0.29) is 6.04 Å². The molecule has 0 amide bonds. The molecule has 0 aliphatic carbocycles. The molecule has 1 aromatic carbocycles. The first-order valence-electron chi connectivity index (χ1n) is 7.99. The molecule has 0 radical (unpaired) electrons. The summed E-state index contributed by atoms with van der Waals surface area (Å²) in [6.45, 7) is 11.6. The number of sulfonamides is 1. The minimum absolute atomic E-state index is 0.0605. The number of rotatable bonds is 6. The number of hydrogen-bond acceptors (Lipinski definition) is 4. The molecule has 5 nitrogen and oxygen atoms in total. The van der Waals surface area contributed by atoms with Gasteiger partial charge in [0, 0.05) is 26.2 Å². The first-order chi connectivity index (χ1) is 10.4.